The Kier molecular flexibility index (Phi) is 5.86. The van der Waals surface area contributed by atoms with Crippen molar-refractivity contribution >= 4 is 29.2 Å². The number of carbonyl (C=O) groups is 3. The number of anilines is 2. The number of aryl methyl sites for hydroxylation is 1. The minimum Gasteiger partial charge on any atom is -0.459 e. The maximum atomic E-state index is 12.1. The second-order valence-corrected chi connectivity index (χ2v) is 6.00. The molecule has 0 saturated carbocycles. The Morgan fingerprint density at radius 3 is 2.18 bits per heavy atom. The van der Waals surface area contributed by atoms with Gasteiger partial charge in [0.15, 0.2) is 12.4 Å². The van der Waals surface area contributed by atoms with Crippen molar-refractivity contribution in [1.82, 2.24) is 0 Å². The quantitative estimate of drug-likeness (QED) is 0.638. The molecule has 0 saturated heterocycles. The smallest absolute Gasteiger partial charge is 0.338 e. The van der Waals surface area contributed by atoms with E-state index in [-0.39, 0.29) is 11.3 Å². The van der Waals surface area contributed by atoms with Crippen molar-refractivity contribution in [2.45, 2.75) is 6.92 Å². The third kappa shape index (κ3) is 5.07. The number of benzene rings is 2. The van der Waals surface area contributed by atoms with Gasteiger partial charge in [0.2, 0.25) is 0 Å². The van der Waals surface area contributed by atoms with E-state index in [0.29, 0.717) is 11.4 Å². The van der Waals surface area contributed by atoms with Crippen molar-refractivity contribution in [3.63, 3.8) is 0 Å². The van der Waals surface area contributed by atoms with Gasteiger partial charge in [-0.05, 0) is 55.5 Å². The molecule has 0 aliphatic heterocycles. The molecule has 0 aliphatic rings. The van der Waals surface area contributed by atoms with Gasteiger partial charge in [0, 0.05) is 11.4 Å². The zero-order chi connectivity index (χ0) is 19.9. The third-order valence-corrected chi connectivity index (χ3v) is 3.79. The average molecular weight is 378 g/mol. The second kappa shape index (κ2) is 8.68. The number of hydrogen-bond donors (Lipinski definition) is 2. The number of ether oxygens (including phenoxy) is 1. The number of hydrogen-bond acceptors (Lipinski definition) is 5. The van der Waals surface area contributed by atoms with E-state index in [1.165, 1.54) is 18.4 Å². The van der Waals surface area contributed by atoms with E-state index in [4.69, 9.17) is 9.15 Å². The summed E-state index contributed by atoms with van der Waals surface area (Å²) >= 11 is 0. The molecule has 0 fully saturated rings. The van der Waals surface area contributed by atoms with E-state index >= 15 is 0 Å². The Morgan fingerprint density at radius 1 is 0.893 bits per heavy atom. The molecule has 0 radical (unpaired) electrons. The lowest BCUT2D eigenvalue weighted by Crippen LogP contribution is -2.21. The molecule has 7 heteroatoms. The van der Waals surface area contributed by atoms with Crippen LogP contribution in [0, 0.1) is 6.92 Å². The summed E-state index contributed by atoms with van der Waals surface area (Å²) in [7, 11) is 0. The molecule has 0 spiro atoms. The van der Waals surface area contributed by atoms with E-state index in [2.05, 4.69) is 10.6 Å². The zero-order valence-corrected chi connectivity index (χ0v) is 15.1. The Hall–Kier alpha value is -3.87. The van der Waals surface area contributed by atoms with Crippen LogP contribution >= 0.6 is 0 Å². The normalized spacial score (nSPS) is 10.2. The minimum atomic E-state index is -0.636. The number of amides is 2. The molecule has 2 amide bonds. The Labute approximate surface area is 161 Å². The van der Waals surface area contributed by atoms with E-state index in [0.717, 1.165) is 5.56 Å². The van der Waals surface area contributed by atoms with Gasteiger partial charge in [-0.25, -0.2) is 4.79 Å². The number of esters is 1. The fourth-order valence-electron chi connectivity index (χ4n) is 2.34. The lowest BCUT2D eigenvalue weighted by molar-refractivity contribution is -0.119. The van der Waals surface area contributed by atoms with Gasteiger partial charge in [-0.3, -0.25) is 9.59 Å². The van der Waals surface area contributed by atoms with E-state index in [1.54, 1.807) is 36.4 Å². The third-order valence-electron chi connectivity index (χ3n) is 3.79. The summed E-state index contributed by atoms with van der Waals surface area (Å²) in [5.41, 5.74) is 2.46. The van der Waals surface area contributed by atoms with Gasteiger partial charge >= 0.3 is 5.97 Å². The molecule has 3 aromatic rings. The van der Waals surface area contributed by atoms with Gasteiger partial charge in [0.25, 0.3) is 11.8 Å². The van der Waals surface area contributed by atoms with Gasteiger partial charge in [-0.2, -0.15) is 0 Å². The van der Waals surface area contributed by atoms with Crippen molar-refractivity contribution in [1.29, 1.82) is 0 Å². The van der Waals surface area contributed by atoms with Crippen LogP contribution in [-0.2, 0) is 9.53 Å². The Balaban J connectivity index is 1.49. The maximum Gasteiger partial charge on any atom is 0.338 e. The fourth-order valence-corrected chi connectivity index (χ4v) is 2.34. The summed E-state index contributed by atoms with van der Waals surface area (Å²) in [6.45, 7) is 1.55. The highest BCUT2D eigenvalue weighted by molar-refractivity contribution is 6.02. The first-order chi connectivity index (χ1) is 13.5. The minimum absolute atomic E-state index is 0.183. The largest absolute Gasteiger partial charge is 0.459 e. The number of furan rings is 1. The van der Waals surface area contributed by atoms with Crippen LogP contribution < -0.4 is 10.6 Å². The average Bonchev–Trinajstić information content (AvgIpc) is 3.23. The van der Waals surface area contributed by atoms with Gasteiger partial charge in [0.05, 0.1) is 11.8 Å². The first-order valence-corrected chi connectivity index (χ1v) is 8.50. The Bertz CT molecular complexity index is 961. The van der Waals surface area contributed by atoms with Gasteiger partial charge in [-0.15, -0.1) is 0 Å². The van der Waals surface area contributed by atoms with Crippen molar-refractivity contribution in [2.75, 3.05) is 17.2 Å². The lowest BCUT2D eigenvalue weighted by Gasteiger charge is -2.08. The monoisotopic (exact) mass is 378 g/mol. The summed E-state index contributed by atoms with van der Waals surface area (Å²) in [5, 5.41) is 5.29. The van der Waals surface area contributed by atoms with Crippen molar-refractivity contribution in [3.05, 3.63) is 83.8 Å². The van der Waals surface area contributed by atoms with Crippen LogP contribution in [0.5, 0.6) is 0 Å². The lowest BCUT2D eigenvalue weighted by atomic mass is 10.2. The Morgan fingerprint density at radius 2 is 1.54 bits per heavy atom. The SMILES string of the molecule is Cc1ccc(NC(=O)COC(=O)c2ccc(NC(=O)c3ccco3)cc2)cc1. The molecule has 1 heterocycles. The van der Waals surface area contributed by atoms with Gasteiger partial charge < -0.3 is 19.8 Å². The summed E-state index contributed by atoms with van der Waals surface area (Å²) in [6.07, 6.45) is 1.41. The van der Waals surface area contributed by atoms with Crippen molar-refractivity contribution < 1.29 is 23.5 Å². The highest BCUT2D eigenvalue weighted by atomic mass is 16.5. The summed E-state index contributed by atoms with van der Waals surface area (Å²) in [6, 6.07) is 16.5. The maximum absolute atomic E-state index is 12.1. The molecular formula is C21H18N2O5. The molecule has 7 nitrogen and oxygen atoms in total. The van der Waals surface area contributed by atoms with E-state index in [1.807, 2.05) is 19.1 Å². The molecule has 1 aromatic heterocycles. The highest BCUT2D eigenvalue weighted by Crippen LogP contribution is 2.13. The standard InChI is InChI=1S/C21H18N2O5/c1-14-4-8-16(9-5-14)22-19(24)13-28-21(26)15-6-10-17(11-7-15)23-20(25)18-3-2-12-27-18/h2-12H,13H2,1H3,(H,22,24)(H,23,25). The van der Waals surface area contributed by atoms with Crippen molar-refractivity contribution in [3.8, 4) is 0 Å². The number of rotatable bonds is 6. The van der Waals surface area contributed by atoms with Crippen LogP contribution in [0.1, 0.15) is 26.5 Å². The molecule has 0 bridgehead atoms. The predicted molar refractivity (Wildman–Crippen MR) is 103 cm³/mol. The number of nitrogens with one attached hydrogen (secondary N) is 2. The molecule has 0 aliphatic carbocycles. The summed E-state index contributed by atoms with van der Waals surface area (Å²) < 4.78 is 10.0. The number of carbonyl (C=O) groups excluding carboxylic acids is 3. The van der Waals surface area contributed by atoms with Crippen LogP contribution in [0.4, 0.5) is 11.4 Å². The van der Waals surface area contributed by atoms with Crippen LogP contribution in [-0.4, -0.2) is 24.4 Å². The molecule has 0 atom stereocenters. The van der Waals surface area contributed by atoms with Crippen molar-refractivity contribution in [2.24, 2.45) is 0 Å². The molecule has 28 heavy (non-hydrogen) atoms. The molecule has 142 valence electrons. The van der Waals surface area contributed by atoms with Gasteiger partial charge in [-0.1, -0.05) is 17.7 Å². The topological polar surface area (TPSA) is 97.6 Å². The zero-order valence-electron chi connectivity index (χ0n) is 15.1. The molecule has 2 N–H and O–H groups in total. The van der Waals surface area contributed by atoms with Crippen LogP contribution in [0.2, 0.25) is 0 Å². The van der Waals surface area contributed by atoms with Crippen LogP contribution in [0.3, 0.4) is 0 Å². The van der Waals surface area contributed by atoms with Crippen LogP contribution in [0.25, 0.3) is 0 Å². The van der Waals surface area contributed by atoms with E-state index < -0.39 is 24.4 Å². The molecular weight excluding hydrogens is 360 g/mol. The summed E-state index contributed by atoms with van der Waals surface area (Å²) in [5.74, 6) is -1.28. The first-order valence-electron chi connectivity index (χ1n) is 8.50. The van der Waals surface area contributed by atoms with E-state index in [9.17, 15) is 14.4 Å². The fraction of sp³-hybridized carbons (Fsp3) is 0.0952. The summed E-state index contributed by atoms with van der Waals surface area (Å²) in [4.78, 5) is 35.8. The first kappa shape index (κ1) is 18.9. The molecule has 0 unspecified atom stereocenters. The van der Waals surface area contributed by atoms with Gasteiger partial charge in [0.1, 0.15) is 0 Å². The second-order valence-electron chi connectivity index (χ2n) is 6.00. The molecule has 3 rings (SSSR count). The molecule has 2 aromatic carbocycles. The van der Waals surface area contributed by atoms with Crippen LogP contribution in [0.15, 0.2) is 71.3 Å². The highest BCUT2D eigenvalue weighted by Gasteiger charge is 2.12. The predicted octanol–water partition coefficient (Wildman–Crippen LogP) is 3.64.